The number of aromatic amines is 1. The molecule has 4 heteroatoms. The van der Waals surface area contributed by atoms with Crippen LogP contribution in [0.25, 0.3) is 0 Å². The van der Waals surface area contributed by atoms with Crippen LogP contribution in [-0.2, 0) is 6.42 Å². The SMILES string of the molecule is CCCCc1c[nH]c(=O)c(C(=O)NC)c1. The maximum Gasteiger partial charge on any atom is 0.260 e. The van der Waals surface area contributed by atoms with Crippen LogP contribution in [0.1, 0.15) is 35.7 Å². The minimum absolute atomic E-state index is 0.186. The Balaban J connectivity index is 2.95. The molecular formula is C11H16N2O2. The fourth-order valence-electron chi connectivity index (χ4n) is 1.36. The molecule has 1 amide bonds. The maximum absolute atomic E-state index is 11.3. The molecule has 1 rings (SSSR count). The number of amides is 1. The van der Waals surface area contributed by atoms with Crippen LogP contribution >= 0.6 is 0 Å². The van der Waals surface area contributed by atoms with E-state index in [1.54, 1.807) is 12.3 Å². The van der Waals surface area contributed by atoms with Gasteiger partial charge in [-0.05, 0) is 24.5 Å². The van der Waals surface area contributed by atoms with Gasteiger partial charge in [-0.3, -0.25) is 9.59 Å². The van der Waals surface area contributed by atoms with Crippen LogP contribution in [0.5, 0.6) is 0 Å². The van der Waals surface area contributed by atoms with E-state index in [2.05, 4.69) is 17.2 Å². The van der Waals surface area contributed by atoms with Crippen molar-refractivity contribution in [1.29, 1.82) is 0 Å². The average molecular weight is 208 g/mol. The summed E-state index contributed by atoms with van der Waals surface area (Å²) in [6.45, 7) is 2.10. The van der Waals surface area contributed by atoms with Gasteiger partial charge in [-0.2, -0.15) is 0 Å². The van der Waals surface area contributed by atoms with E-state index in [0.29, 0.717) is 0 Å². The van der Waals surface area contributed by atoms with Gasteiger partial charge in [0, 0.05) is 13.2 Å². The Bertz CT molecular complexity index is 396. The summed E-state index contributed by atoms with van der Waals surface area (Å²) in [5.74, 6) is -0.338. The first-order valence-electron chi connectivity index (χ1n) is 5.12. The van der Waals surface area contributed by atoms with Gasteiger partial charge in [0.2, 0.25) is 0 Å². The molecule has 2 N–H and O–H groups in total. The predicted octanol–water partition coefficient (Wildman–Crippen LogP) is 1.08. The van der Waals surface area contributed by atoms with Crippen molar-refractivity contribution in [2.24, 2.45) is 0 Å². The highest BCUT2D eigenvalue weighted by Crippen LogP contribution is 2.03. The van der Waals surface area contributed by atoms with Gasteiger partial charge in [-0.15, -0.1) is 0 Å². The van der Waals surface area contributed by atoms with Gasteiger partial charge in [0.15, 0.2) is 0 Å². The Hall–Kier alpha value is -1.58. The van der Waals surface area contributed by atoms with Crippen LogP contribution < -0.4 is 10.9 Å². The summed E-state index contributed by atoms with van der Waals surface area (Å²) >= 11 is 0. The summed E-state index contributed by atoms with van der Waals surface area (Å²) < 4.78 is 0. The fourth-order valence-corrected chi connectivity index (χ4v) is 1.36. The summed E-state index contributed by atoms with van der Waals surface area (Å²) in [7, 11) is 1.51. The summed E-state index contributed by atoms with van der Waals surface area (Å²) in [4.78, 5) is 25.2. The third-order valence-corrected chi connectivity index (χ3v) is 2.25. The molecule has 0 atom stereocenters. The number of nitrogens with one attached hydrogen (secondary N) is 2. The Morgan fingerprint density at radius 1 is 1.53 bits per heavy atom. The molecule has 0 radical (unpaired) electrons. The number of rotatable bonds is 4. The first-order valence-corrected chi connectivity index (χ1v) is 5.12. The lowest BCUT2D eigenvalue weighted by Gasteiger charge is -2.02. The number of aromatic nitrogens is 1. The first kappa shape index (κ1) is 11.5. The summed E-state index contributed by atoms with van der Waals surface area (Å²) in [6.07, 6.45) is 4.70. The minimum atomic E-state index is -0.338. The topological polar surface area (TPSA) is 62.0 Å². The van der Waals surface area contributed by atoms with Crippen molar-refractivity contribution in [2.75, 3.05) is 7.05 Å². The number of H-pyrrole nitrogens is 1. The summed E-state index contributed by atoms with van der Waals surface area (Å²) in [5, 5.41) is 2.45. The van der Waals surface area contributed by atoms with E-state index in [9.17, 15) is 9.59 Å². The first-order chi connectivity index (χ1) is 7.19. The van der Waals surface area contributed by atoms with Crippen LogP contribution in [-0.4, -0.2) is 17.9 Å². The Kier molecular flexibility index (Phi) is 4.09. The number of pyridine rings is 1. The number of carbonyl (C=O) groups is 1. The van der Waals surface area contributed by atoms with Crippen molar-refractivity contribution < 1.29 is 4.79 Å². The van der Waals surface area contributed by atoms with E-state index in [1.165, 1.54) is 7.05 Å². The van der Waals surface area contributed by atoms with Gasteiger partial charge in [0.1, 0.15) is 5.56 Å². The second-order valence-corrected chi connectivity index (χ2v) is 3.43. The molecule has 1 heterocycles. The number of unbranched alkanes of at least 4 members (excludes halogenated alkanes) is 1. The van der Waals surface area contributed by atoms with Gasteiger partial charge in [-0.25, -0.2) is 0 Å². The zero-order valence-electron chi connectivity index (χ0n) is 9.09. The Labute approximate surface area is 88.7 Å². The average Bonchev–Trinajstić information content (AvgIpc) is 2.27. The van der Waals surface area contributed by atoms with Crippen LogP contribution in [0, 0.1) is 0 Å². The maximum atomic E-state index is 11.3. The molecule has 4 nitrogen and oxygen atoms in total. The van der Waals surface area contributed by atoms with Crippen molar-refractivity contribution in [1.82, 2.24) is 10.3 Å². The highest BCUT2D eigenvalue weighted by atomic mass is 16.2. The second kappa shape index (κ2) is 5.34. The molecule has 0 aliphatic carbocycles. The quantitative estimate of drug-likeness (QED) is 0.777. The lowest BCUT2D eigenvalue weighted by Crippen LogP contribution is -2.26. The van der Waals surface area contributed by atoms with Gasteiger partial charge in [0.25, 0.3) is 11.5 Å². The molecule has 0 saturated heterocycles. The third kappa shape index (κ3) is 2.94. The van der Waals surface area contributed by atoms with Crippen LogP contribution in [0.3, 0.4) is 0 Å². The van der Waals surface area contributed by atoms with Gasteiger partial charge < -0.3 is 10.3 Å². The smallest absolute Gasteiger partial charge is 0.260 e. The molecule has 15 heavy (non-hydrogen) atoms. The van der Waals surface area contributed by atoms with E-state index >= 15 is 0 Å². The molecule has 0 aliphatic heterocycles. The molecule has 1 aromatic rings. The number of hydrogen-bond donors (Lipinski definition) is 2. The summed E-state index contributed by atoms with van der Waals surface area (Å²) in [5.41, 5.74) is 0.843. The van der Waals surface area contributed by atoms with Crippen LogP contribution in [0.2, 0.25) is 0 Å². The van der Waals surface area contributed by atoms with Crippen molar-refractivity contribution in [3.05, 3.63) is 33.7 Å². The molecular weight excluding hydrogens is 192 g/mol. The number of aryl methyl sites for hydroxylation is 1. The molecule has 0 saturated carbocycles. The number of hydrogen-bond acceptors (Lipinski definition) is 2. The second-order valence-electron chi connectivity index (χ2n) is 3.43. The molecule has 1 aromatic heterocycles. The fraction of sp³-hybridized carbons (Fsp3) is 0.455. The molecule has 0 aromatic carbocycles. The molecule has 0 aliphatic rings. The lowest BCUT2D eigenvalue weighted by molar-refractivity contribution is 0.0961. The number of carbonyl (C=O) groups excluding carboxylic acids is 1. The monoisotopic (exact) mass is 208 g/mol. The molecule has 0 fully saturated rings. The third-order valence-electron chi connectivity index (χ3n) is 2.25. The van der Waals surface area contributed by atoms with Gasteiger partial charge in [0.05, 0.1) is 0 Å². The van der Waals surface area contributed by atoms with E-state index in [4.69, 9.17) is 0 Å². The van der Waals surface area contributed by atoms with Crippen molar-refractivity contribution in [3.63, 3.8) is 0 Å². The summed E-state index contributed by atoms with van der Waals surface area (Å²) in [6, 6.07) is 1.66. The van der Waals surface area contributed by atoms with Crippen molar-refractivity contribution in [3.8, 4) is 0 Å². The van der Waals surface area contributed by atoms with E-state index in [0.717, 1.165) is 24.8 Å². The van der Waals surface area contributed by atoms with Gasteiger partial charge in [-0.1, -0.05) is 13.3 Å². The van der Waals surface area contributed by atoms with E-state index in [-0.39, 0.29) is 17.0 Å². The zero-order chi connectivity index (χ0) is 11.3. The minimum Gasteiger partial charge on any atom is -0.355 e. The van der Waals surface area contributed by atoms with Crippen LogP contribution in [0.4, 0.5) is 0 Å². The molecule has 82 valence electrons. The molecule has 0 bridgehead atoms. The molecule has 0 spiro atoms. The Morgan fingerprint density at radius 2 is 2.27 bits per heavy atom. The van der Waals surface area contributed by atoms with Crippen LogP contribution in [0.15, 0.2) is 17.1 Å². The predicted molar refractivity (Wildman–Crippen MR) is 59.1 cm³/mol. The van der Waals surface area contributed by atoms with E-state index < -0.39 is 0 Å². The van der Waals surface area contributed by atoms with Gasteiger partial charge >= 0.3 is 0 Å². The van der Waals surface area contributed by atoms with Crippen molar-refractivity contribution >= 4 is 5.91 Å². The highest BCUT2D eigenvalue weighted by Gasteiger charge is 2.08. The standard InChI is InChI=1S/C11H16N2O2/c1-3-4-5-8-6-9(10(14)12-2)11(15)13-7-8/h6-7H,3-5H2,1-2H3,(H,12,14)(H,13,15). The highest BCUT2D eigenvalue weighted by molar-refractivity contribution is 5.93. The lowest BCUT2D eigenvalue weighted by atomic mass is 10.1. The van der Waals surface area contributed by atoms with E-state index in [1.807, 2.05) is 0 Å². The van der Waals surface area contributed by atoms with Crippen molar-refractivity contribution in [2.45, 2.75) is 26.2 Å². The normalized spacial score (nSPS) is 10.0. The molecule has 0 unspecified atom stereocenters. The largest absolute Gasteiger partial charge is 0.355 e. The zero-order valence-corrected chi connectivity index (χ0v) is 9.09. The Morgan fingerprint density at radius 3 is 2.87 bits per heavy atom.